The highest BCUT2D eigenvalue weighted by molar-refractivity contribution is 5.49. The number of halogens is 2. The summed E-state index contributed by atoms with van der Waals surface area (Å²) in [6.07, 6.45) is 10.1. The highest BCUT2D eigenvalue weighted by Crippen LogP contribution is 2.24. The number of unbranched alkanes of at least 4 members (excludes halogenated alkanes) is 7. The van der Waals surface area contributed by atoms with Gasteiger partial charge in [-0.15, -0.1) is 0 Å². The standard InChI is InChI=1S/C33H38F2N2O2/c1-3-5-7-9-11-24-38-30-21-19-29(20-22-30)37-36-28-17-13-26(14-18-28)12-15-27-16-23-31(33(35)32(27)34)39-25-10-8-6-4-2/h13-14,16-23H,3-11,24-25H2,1-2H3. The Hall–Kier alpha value is -3.72. The molecule has 0 saturated carbocycles. The van der Waals surface area contributed by atoms with Gasteiger partial charge in [-0.05, 0) is 73.5 Å². The lowest BCUT2D eigenvalue weighted by molar-refractivity contribution is 0.285. The van der Waals surface area contributed by atoms with Gasteiger partial charge in [0.1, 0.15) is 5.75 Å². The SMILES string of the molecule is CCCCCCCOc1ccc(N=Nc2ccc(C#Cc3ccc(OCCCCCC)c(F)c3F)cc2)cc1. The largest absolute Gasteiger partial charge is 0.494 e. The van der Waals surface area contributed by atoms with Crippen LogP contribution in [0.4, 0.5) is 20.2 Å². The minimum atomic E-state index is -1.00. The van der Waals surface area contributed by atoms with E-state index in [1.807, 2.05) is 24.3 Å². The van der Waals surface area contributed by atoms with E-state index < -0.39 is 11.6 Å². The van der Waals surface area contributed by atoms with Crippen LogP contribution < -0.4 is 9.47 Å². The van der Waals surface area contributed by atoms with Crippen LogP contribution in [-0.4, -0.2) is 13.2 Å². The highest BCUT2D eigenvalue weighted by Gasteiger charge is 2.13. The van der Waals surface area contributed by atoms with Crippen molar-refractivity contribution >= 4 is 11.4 Å². The Morgan fingerprint density at radius 3 is 1.79 bits per heavy atom. The fourth-order valence-corrected chi connectivity index (χ4v) is 3.82. The summed E-state index contributed by atoms with van der Waals surface area (Å²) in [6, 6.07) is 17.5. The van der Waals surface area contributed by atoms with Gasteiger partial charge >= 0.3 is 0 Å². The van der Waals surface area contributed by atoms with Crippen molar-refractivity contribution in [2.75, 3.05) is 13.2 Å². The number of benzene rings is 3. The van der Waals surface area contributed by atoms with E-state index >= 15 is 0 Å². The topological polar surface area (TPSA) is 43.2 Å². The quantitative estimate of drug-likeness (QED) is 0.111. The van der Waals surface area contributed by atoms with Crippen molar-refractivity contribution in [1.82, 2.24) is 0 Å². The van der Waals surface area contributed by atoms with E-state index in [-0.39, 0.29) is 11.3 Å². The van der Waals surface area contributed by atoms with Gasteiger partial charge in [-0.25, -0.2) is 4.39 Å². The Balaban J connectivity index is 1.50. The third-order valence-electron chi connectivity index (χ3n) is 6.15. The molecule has 0 radical (unpaired) electrons. The molecule has 0 amide bonds. The smallest absolute Gasteiger partial charge is 0.201 e. The Morgan fingerprint density at radius 1 is 0.590 bits per heavy atom. The van der Waals surface area contributed by atoms with Crippen LogP contribution in [-0.2, 0) is 0 Å². The van der Waals surface area contributed by atoms with Gasteiger partial charge in [-0.1, -0.05) is 70.6 Å². The van der Waals surface area contributed by atoms with Gasteiger partial charge in [0, 0.05) is 5.56 Å². The zero-order valence-electron chi connectivity index (χ0n) is 23.0. The second-order valence-corrected chi connectivity index (χ2v) is 9.40. The maximum absolute atomic E-state index is 14.5. The predicted octanol–water partition coefficient (Wildman–Crippen LogP) is 10.1. The molecule has 6 heteroatoms. The van der Waals surface area contributed by atoms with E-state index in [1.165, 1.54) is 37.8 Å². The van der Waals surface area contributed by atoms with Gasteiger partial charge < -0.3 is 9.47 Å². The van der Waals surface area contributed by atoms with E-state index in [0.717, 1.165) is 50.1 Å². The van der Waals surface area contributed by atoms with E-state index in [4.69, 9.17) is 9.47 Å². The third-order valence-corrected chi connectivity index (χ3v) is 6.15. The molecule has 206 valence electrons. The first-order valence-corrected chi connectivity index (χ1v) is 14.0. The maximum atomic E-state index is 14.5. The molecular formula is C33H38F2N2O2. The van der Waals surface area contributed by atoms with Gasteiger partial charge in [0.05, 0.1) is 30.2 Å². The summed E-state index contributed by atoms with van der Waals surface area (Å²) < 4.78 is 40.0. The van der Waals surface area contributed by atoms with Crippen molar-refractivity contribution in [3.8, 4) is 23.3 Å². The molecule has 0 N–H and O–H groups in total. The van der Waals surface area contributed by atoms with E-state index in [1.54, 1.807) is 24.3 Å². The molecule has 0 aromatic heterocycles. The monoisotopic (exact) mass is 532 g/mol. The summed E-state index contributed by atoms with van der Waals surface area (Å²) >= 11 is 0. The van der Waals surface area contributed by atoms with Crippen LogP contribution in [0, 0.1) is 23.5 Å². The first kappa shape index (κ1) is 29.8. The molecule has 0 unspecified atom stereocenters. The lowest BCUT2D eigenvalue weighted by atomic mass is 10.1. The number of ether oxygens (including phenoxy) is 2. The summed E-state index contributed by atoms with van der Waals surface area (Å²) in [7, 11) is 0. The fraction of sp³-hybridized carbons (Fsp3) is 0.394. The fourth-order valence-electron chi connectivity index (χ4n) is 3.82. The molecule has 3 rings (SSSR count). The number of nitrogens with zero attached hydrogens (tertiary/aromatic N) is 2. The maximum Gasteiger partial charge on any atom is 0.201 e. The molecule has 0 fully saturated rings. The Kier molecular flexibility index (Phi) is 13.0. The Labute approximate surface area is 231 Å². The predicted molar refractivity (Wildman–Crippen MR) is 153 cm³/mol. The molecule has 0 aliphatic rings. The van der Waals surface area contributed by atoms with Crippen molar-refractivity contribution in [2.45, 2.75) is 71.6 Å². The second kappa shape index (κ2) is 17.0. The summed E-state index contributed by atoms with van der Waals surface area (Å²) in [5.41, 5.74) is 2.02. The molecule has 4 nitrogen and oxygen atoms in total. The number of hydrogen-bond donors (Lipinski definition) is 0. The molecular weight excluding hydrogens is 494 g/mol. The van der Waals surface area contributed by atoms with Gasteiger partial charge in [0.15, 0.2) is 11.6 Å². The van der Waals surface area contributed by atoms with Crippen molar-refractivity contribution in [2.24, 2.45) is 10.2 Å². The molecule has 3 aromatic rings. The number of azo groups is 1. The molecule has 0 spiro atoms. The minimum Gasteiger partial charge on any atom is -0.494 e. The number of rotatable bonds is 15. The van der Waals surface area contributed by atoms with Gasteiger partial charge in [-0.2, -0.15) is 14.6 Å². The molecule has 3 aromatic carbocycles. The molecule has 0 heterocycles. The van der Waals surface area contributed by atoms with Gasteiger partial charge in [0.25, 0.3) is 0 Å². The summed E-state index contributed by atoms with van der Waals surface area (Å²) in [4.78, 5) is 0. The van der Waals surface area contributed by atoms with Crippen molar-refractivity contribution in [3.05, 3.63) is 83.4 Å². The van der Waals surface area contributed by atoms with E-state index in [0.29, 0.717) is 17.9 Å². The van der Waals surface area contributed by atoms with Crippen LogP contribution >= 0.6 is 0 Å². The van der Waals surface area contributed by atoms with Crippen molar-refractivity contribution < 1.29 is 18.3 Å². The van der Waals surface area contributed by atoms with Gasteiger partial charge in [0.2, 0.25) is 5.82 Å². The summed E-state index contributed by atoms with van der Waals surface area (Å²) in [6.45, 7) is 5.41. The summed E-state index contributed by atoms with van der Waals surface area (Å²) in [5, 5.41) is 8.52. The van der Waals surface area contributed by atoms with Gasteiger partial charge in [-0.3, -0.25) is 0 Å². The van der Waals surface area contributed by atoms with Crippen LogP contribution in [0.2, 0.25) is 0 Å². The molecule has 0 bridgehead atoms. The average Bonchev–Trinajstić information content (AvgIpc) is 2.96. The zero-order chi connectivity index (χ0) is 27.7. The minimum absolute atomic E-state index is 0.0153. The first-order chi connectivity index (χ1) is 19.1. The molecule has 0 aliphatic carbocycles. The Bertz CT molecular complexity index is 1230. The van der Waals surface area contributed by atoms with Crippen LogP contribution in [0.15, 0.2) is 70.9 Å². The normalized spacial score (nSPS) is 10.9. The zero-order valence-corrected chi connectivity index (χ0v) is 23.0. The summed E-state index contributed by atoms with van der Waals surface area (Å²) in [5.74, 6) is 4.32. The number of hydrogen-bond acceptors (Lipinski definition) is 4. The molecule has 0 aliphatic heterocycles. The average molecular weight is 533 g/mol. The lowest BCUT2D eigenvalue weighted by Gasteiger charge is -2.08. The molecule has 0 atom stereocenters. The first-order valence-electron chi connectivity index (χ1n) is 14.0. The Morgan fingerprint density at radius 2 is 1.15 bits per heavy atom. The second-order valence-electron chi connectivity index (χ2n) is 9.40. The van der Waals surface area contributed by atoms with Crippen molar-refractivity contribution in [3.63, 3.8) is 0 Å². The lowest BCUT2D eigenvalue weighted by Crippen LogP contribution is -2.01. The molecule has 0 saturated heterocycles. The van der Waals surface area contributed by atoms with E-state index in [9.17, 15) is 8.78 Å². The third kappa shape index (κ3) is 10.5. The highest BCUT2D eigenvalue weighted by atomic mass is 19.2. The molecule has 39 heavy (non-hydrogen) atoms. The van der Waals surface area contributed by atoms with E-state index in [2.05, 4.69) is 35.9 Å². The van der Waals surface area contributed by atoms with Crippen LogP contribution in [0.25, 0.3) is 0 Å². The van der Waals surface area contributed by atoms with Crippen LogP contribution in [0.3, 0.4) is 0 Å². The van der Waals surface area contributed by atoms with Crippen LogP contribution in [0.1, 0.15) is 82.8 Å². The van der Waals surface area contributed by atoms with Crippen molar-refractivity contribution in [1.29, 1.82) is 0 Å². The van der Waals surface area contributed by atoms with Crippen LogP contribution in [0.5, 0.6) is 11.5 Å².